The van der Waals surface area contributed by atoms with E-state index in [0.29, 0.717) is 0 Å². The van der Waals surface area contributed by atoms with Crippen molar-refractivity contribution < 1.29 is 0 Å². The summed E-state index contributed by atoms with van der Waals surface area (Å²) < 4.78 is 0. The second kappa shape index (κ2) is 4.95. The average molecular weight is 243 g/mol. The highest BCUT2D eigenvalue weighted by atomic mass is 14.9. The van der Waals surface area contributed by atoms with Crippen molar-refractivity contribution >= 4 is 5.69 Å². The van der Waals surface area contributed by atoms with Crippen LogP contribution in [-0.4, -0.2) is 6.54 Å². The number of benzene rings is 1. The molecule has 3 rings (SSSR count). The van der Waals surface area contributed by atoms with E-state index in [-0.39, 0.29) is 0 Å². The number of nitrogens with one attached hydrogen (secondary N) is 1. The second-order valence-electron chi connectivity index (χ2n) is 6.41. The molecule has 1 aromatic rings. The summed E-state index contributed by atoms with van der Waals surface area (Å²) in [6.45, 7) is 5.98. The van der Waals surface area contributed by atoms with E-state index in [1.807, 2.05) is 0 Å². The fourth-order valence-electron chi connectivity index (χ4n) is 3.58. The lowest BCUT2D eigenvalue weighted by molar-refractivity contribution is 0.250. The maximum absolute atomic E-state index is 3.56. The minimum atomic E-state index is 0.797. The molecule has 1 saturated carbocycles. The van der Waals surface area contributed by atoms with Gasteiger partial charge in [0.15, 0.2) is 0 Å². The zero-order valence-corrected chi connectivity index (χ0v) is 11.7. The Hall–Kier alpha value is -0.980. The first kappa shape index (κ1) is 12.1. The van der Waals surface area contributed by atoms with E-state index in [1.54, 1.807) is 5.56 Å². The number of aryl methyl sites for hydroxylation is 1. The molecule has 3 unspecified atom stereocenters. The Kier molecular flexibility index (Phi) is 3.32. The van der Waals surface area contributed by atoms with Gasteiger partial charge >= 0.3 is 0 Å². The van der Waals surface area contributed by atoms with Gasteiger partial charge in [0.25, 0.3) is 0 Å². The van der Waals surface area contributed by atoms with Crippen LogP contribution in [0.25, 0.3) is 0 Å². The molecule has 0 saturated heterocycles. The normalized spacial score (nSPS) is 31.6. The summed E-state index contributed by atoms with van der Waals surface area (Å²) in [5.74, 6) is 2.59. The minimum Gasteiger partial charge on any atom is -0.385 e. The topological polar surface area (TPSA) is 12.0 Å². The zero-order chi connectivity index (χ0) is 12.5. The minimum absolute atomic E-state index is 0.797. The summed E-state index contributed by atoms with van der Waals surface area (Å²) in [6, 6.07) is 7.18. The molecular weight excluding hydrogens is 218 g/mol. The fraction of sp³-hybridized carbons (Fsp3) is 0.647. The van der Waals surface area contributed by atoms with E-state index in [4.69, 9.17) is 0 Å². The predicted octanol–water partition coefficient (Wildman–Crippen LogP) is 4.58. The van der Waals surface area contributed by atoms with Crippen LogP contribution in [0.2, 0.25) is 0 Å². The molecule has 98 valence electrons. The van der Waals surface area contributed by atoms with E-state index >= 15 is 0 Å². The molecule has 1 aliphatic carbocycles. The fourth-order valence-corrected chi connectivity index (χ4v) is 3.58. The molecule has 0 radical (unpaired) electrons. The highest BCUT2D eigenvalue weighted by Gasteiger charge is 2.26. The predicted molar refractivity (Wildman–Crippen MR) is 78.2 cm³/mol. The smallest absolute Gasteiger partial charge is 0.0375 e. The Morgan fingerprint density at radius 3 is 2.83 bits per heavy atom. The molecule has 0 spiro atoms. The number of hydrogen-bond acceptors (Lipinski definition) is 1. The van der Waals surface area contributed by atoms with E-state index in [0.717, 1.165) is 24.3 Å². The van der Waals surface area contributed by atoms with E-state index < -0.39 is 0 Å². The molecule has 2 aliphatic rings. The first-order chi connectivity index (χ1) is 8.74. The van der Waals surface area contributed by atoms with Gasteiger partial charge in [0.1, 0.15) is 0 Å². The molecular formula is C17H25N. The van der Waals surface area contributed by atoms with Crippen LogP contribution in [0, 0.1) is 11.8 Å². The van der Waals surface area contributed by atoms with Crippen molar-refractivity contribution in [2.24, 2.45) is 11.8 Å². The lowest BCUT2D eigenvalue weighted by atomic mass is 9.73. The van der Waals surface area contributed by atoms with Crippen molar-refractivity contribution in [1.29, 1.82) is 0 Å². The maximum atomic E-state index is 3.56. The zero-order valence-electron chi connectivity index (χ0n) is 11.7. The lowest BCUT2D eigenvalue weighted by Crippen LogP contribution is -2.20. The van der Waals surface area contributed by atoms with Gasteiger partial charge in [0.2, 0.25) is 0 Å². The monoisotopic (exact) mass is 243 g/mol. The van der Waals surface area contributed by atoms with Crippen LogP contribution in [0.3, 0.4) is 0 Å². The molecule has 3 atom stereocenters. The molecule has 1 heterocycles. The Balaban J connectivity index is 1.80. The molecule has 0 amide bonds. The second-order valence-corrected chi connectivity index (χ2v) is 6.41. The first-order valence-corrected chi connectivity index (χ1v) is 7.60. The van der Waals surface area contributed by atoms with Crippen LogP contribution >= 0.6 is 0 Å². The van der Waals surface area contributed by atoms with Gasteiger partial charge in [-0.15, -0.1) is 0 Å². The third-order valence-corrected chi connectivity index (χ3v) is 5.14. The van der Waals surface area contributed by atoms with Crippen LogP contribution in [0.4, 0.5) is 5.69 Å². The van der Waals surface area contributed by atoms with Crippen LogP contribution in [-0.2, 0) is 6.42 Å². The van der Waals surface area contributed by atoms with Crippen molar-refractivity contribution in [2.45, 2.75) is 51.9 Å². The summed E-state index contributed by atoms with van der Waals surface area (Å²) in [5, 5.41) is 3.56. The van der Waals surface area contributed by atoms with Gasteiger partial charge in [-0.2, -0.15) is 0 Å². The number of rotatable bonds is 1. The van der Waals surface area contributed by atoms with E-state index in [2.05, 4.69) is 37.4 Å². The first-order valence-electron chi connectivity index (χ1n) is 7.60. The Morgan fingerprint density at radius 1 is 1.11 bits per heavy atom. The Bertz CT molecular complexity index is 424. The molecule has 1 aromatic carbocycles. The van der Waals surface area contributed by atoms with Crippen LogP contribution in [0.5, 0.6) is 0 Å². The third-order valence-electron chi connectivity index (χ3n) is 5.14. The molecule has 18 heavy (non-hydrogen) atoms. The third kappa shape index (κ3) is 2.28. The molecule has 1 N–H and O–H groups in total. The Morgan fingerprint density at radius 2 is 2.00 bits per heavy atom. The molecule has 1 nitrogen and oxygen atoms in total. The molecule has 1 fully saturated rings. The van der Waals surface area contributed by atoms with Crippen LogP contribution < -0.4 is 5.32 Å². The van der Waals surface area contributed by atoms with Crippen molar-refractivity contribution in [3.8, 4) is 0 Å². The molecule has 1 heteroatoms. The van der Waals surface area contributed by atoms with Gasteiger partial charge in [0.05, 0.1) is 0 Å². The van der Waals surface area contributed by atoms with Crippen molar-refractivity contribution in [1.82, 2.24) is 0 Å². The van der Waals surface area contributed by atoms with Gasteiger partial charge in [-0.1, -0.05) is 26.0 Å². The van der Waals surface area contributed by atoms with E-state index in [1.165, 1.54) is 43.4 Å². The lowest BCUT2D eigenvalue weighted by Gasteiger charge is -2.33. The van der Waals surface area contributed by atoms with Crippen LogP contribution in [0.1, 0.15) is 56.6 Å². The standard InChI is InChI=1S/C17H25N/c1-12-5-6-15(10-13(12)2)16-8-7-14-4-3-9-18-17(14)11-16/h7-8,11-13,15,18H,3-6,9-10H2,1-2H3. The van der Waals surface area contributed by atoms with Crippen molar-refractivity contribution in [3.05, 3.63) is 29.3 Å². The summed E-state index contributed by atoms with van der Waals surface area (Å²) in [4.78, 5) is 0. The van der Waals surface area contributed by atoms with Gasteiger partial charge in [-0.25, -0.2) is 0 Å². The summed E-state index contributed by atoms with van der Waals surface area (Å²) in [7, 11) is 0. The van der Waals surface area contributed by atoms with Crippen molar-refractivity contribution in [3.63, 3.8) is 0 Å². The summed E-state index contributed by atoms with van der Waals surface area (Å²) >= 11 is 0. The summed E-state index contributed by atoms with van der Waals surface area (Å²) in [5.41, 5.74) is 4.49. The number of anilines is 1. The quantitative estimate of drug-likeness (QED) is 0.761. The van der Waals surface area contributed by atoms with Gasteiger partial charge < -0.3 is 5.32 Å². The van der Waals surface area contributed by atoms with Gasteiger partial charge in [0, 0.05) is 12.2 Å². The Labute approximate surface area is 111 Å². The number of hydrogen-bond donors (Lipinski definition) is 1. The number of fused-ring (bicyclic) bond motifs is 1. The average Bonchev–Trinajstić information content (AvgIpc) is 2.41. The maximum Gasteiger partial charge on any atom is 0.0375 e. The molecule has 1 aliphatic heterocycles. The van der Waals surface area contributed by atoms with E-state index in [9.17, 15) is 0 Å². The van der Waals surface area contributed by atoms with Crippen LogP contribution in [0.15, 0.2) is 18.2 Å². The van der Waals surface area contributed by atoms with Gasteiger partial charge in [-0.3, -0.25) is 0 Å². The highest BCUT2D eigenvalue weighted by molar-refractivity contribution is 5.55. The van der Waals surface area contributed by atoms with Gasteiger partial charge in [-0.05, 0) is 67.1 Å². The summed E-state index contributed by atoms with van der Waals surface area (Å²) in [6.07, 6.45) is 6.69. The SMILES string of the molecule is CC1CCC(c2ccc3c(c2)NCCC3)CC1C. The molecule has 0 aromatic heterocycles. The molecule has 0 bridgehead atoms. The largest absolute Gasteiger partial charge is 0.385 e. The van der Waals surface area contributed by atoms with Crippen molar-refractivity contribution in [2.75, 3.05) is 11.9 Å². The highest BCUT2D eigenvalue weighted by Crippen LogP contribution is 2.40.